The topological polar surface area (TPSA) is 78.7 Å². The number of esters is 1. The number of hydrogen-bond acceptors (Lipinski definition) is 5. The minimum atomic E-state index is -0.738. The van der Waals surface area contributed by atoms with Gasteiger partial charge in [-0.2, -0.15) is 0 Å². The lowest BCUT2D eigenvalue weighted by Crippen LogP contribution is -2.26. The van der Waals surface area contributed by atoms with Gasteiger partial charge in [0.05, 0.1) is 13.0 Å². The summed E-state index contributed by atoms with van der Waals surface area (Å²) in [5, 5.41) is 11.1. The standard InChI is InChI=1S/C18H27NO5/c1-18(2,3)24-17(20)12-11-16(19(21)22)10-7-13-23-14-15-8-5-4-6-9-15/h4-6,8-9,16H,7,10-14H2,1-3H3. The fraction of sp³-hybridized carbons (Fsp3) is 0.611. The van der Waals surface area contributed by atoms with Gasteiger partial charge in [0.1, 0.15) is 5.60 Å². The van der Waals surface area contributed by atoms with Crippen molar-refractivity contribution in [2.45, 2.75) is 64.7 Å². The van der Waals surface area contributed by atoms with Crippen molar-refractivity contribution >= 4 is 5.97 Å². The van der Waals surface area contributed by atoms with Crippen molar-refractivity contribution in [3.05, 3.63) is 46.0 Å². The van der Waals surface area contributed by atoms with Crippen molar-refractivity contribution in [1.29, 1.82) is 0 Å². The average molecular weight is 337 g/mol. The number of benzene rings is 1. The quantitative estimate of drug-likeness (QED) is 0.281. The molecule has 0 bridgehead atoms. The minimum Gasteiger partial charge on any atom is -0.460 e. The summed E-state index contributed by atoms with van der Waals surface area (Å²) >= 11 is 0. The molecular weight excluding hydrogens is 310 g/mol. The predicted molar refractivity (Wildman–Crippen MR) is 91.2 cm³/mol. The van der Waals surface area contributed by atoms with Crippen LogP contribution in [0, 0.1) is 10.1 Å². The third kappa shape index (κ3) is 9.25. The van der Waals surface area contributed by atoms with Crippen LogP contribution < -0.4 is 0 Å². The van der Waals surface area contributed by atoms with Gasteiger partial charge in [-0.15, -0.1) is 0 Å². The summed E-state index contributed by atoms with van der Waals surface area (Å²) in [5.74, 6) is -0.394. The zero-order valence-electron chi connectivity index (χ0n) is 14.7. The van der Waals surface area contributed by atoms with Crippen molar-refractivity contribution in [3.63, 3.8) is 0 Å². The van der Waals surface area contributed by atoms with Gasteiger partial charge in [0.25, 0.3) is 0 Å². The van der Waals surface area contributed by atoms with E-state index in [4.69, 9.17) is 9.47 Å². The lowest BCUT2D eigenvalue weighted by Gasteiger charge is -2.19. The summed E-state index contributed by atoms with van der Waals surface area (Å²) in [6.07, 6.45) is 1.24. The highest BCUT2D eigenvalue weighted by molar-refractivity contribution is 5.69. The van der Waals surface area contributed by atoms with Gasteiger partial charge in [0.2, 0.25) is 6.04 Å². The number of carbonyl (C=O) groups excluding carboxylic acids is 1. The van der Waals surface area contributed by atoms with E-state index >= 15 is 0 Å². The van der Waals surface area contributed by atoms with Gasteiger partial charge in [0.15, 0.2) is 0 Å². The maximum atomic E-state index is 11.6. The molecule has 0 N–H and O–H groups in total. The van der Waals surface area contributed by atoms with Crippen molar-refractivity contribution in [2.24, 2.45) is 0 Å². The van der Waals surface area contributed by atoms with E-state index in [1.165, 1.54) is 0 Å². The Morgan fingerprint density at radius 2 is 1.88 bits per heavy atom. The van der Waals surface area contributed by atoms with E-state index < -0.39 is 17.6 Å². The Kier molecular flexibility index (Phi) is 8.40. The summed E-state index contributed by atoms with van der Waals surface area (Å²) in [6, 6.07) is 9.03. The van der Waals surface area contributed by atoms with Crippen molar-refractivity contribution in [1.82, 2.24) is 0 Å². The monoisotopic (exact) mass is 337 g/mol. The molecule has 0 fully saturated rings. The molecule has 0 spiro atoms. The van der Waals surface area contributed by atoms with Crippen LogP contribution in [0.15, 0.2) is 30.3 Å². The number of nitro groups is 1. The largest absolute Gasteiger partial charge is 0.460 e. The maximum absolute atomic E-state index is 11.6. The molecule has 6 heteroatoms. The van der Waals surface area contributed by atoms with E-state index in [1.54, 1.807) is 20.8 Å². The van der Waals surface area contributed by atoms with E-state index in [0.717, 1.165) is 5.56 Å². The molecule has 0 aromatic heterocycles. The zero-order chi connectivity index (χ0) is 18.0. The minimum absolute atomic E-state index is 0.0633. The molecule has 1 aromatic rings. The number of ether oxygens (including phenoxy) is 2. The Morgan fingerprint density at radius 1 is 1.21 bits per heavy atom. The zero-order valence-corrected chi connectivity index (χ0v) is 14.7. The molecule has 0 amide bonds. The second kappa shape index (κ2) is 10.0. The van der Waals surface area contributed by atoms with Crippen LogP contribution in [0.3, 0.4) is 0 Å². The molecule has 6 nitrogen and oxygen atoms in total. The summed E-state index contributed by atoms with van der Waals surface area (Å²) < 4.78 is 10.7. The van der Waals surface area contributed by atoms with Crippen LogP contribution in [0.5, 0.6) is 0 Å². The molecule has 0 radical (unpaired) electrons. The molecule has 134 valence electrons. The van der Waals surface area contributed by atoms with Gasteiger partial charge in [-0.3, -0.25) is 14.9 Å². The van der Waals surface area contributed by atoms with Gasteiger partial charge < -0.3 is 9.47 Å². The molecule has 0 saturated carbocycles. The number of carbonyl (C=O) groups is 1. The first kappa shape index (κ1) is 20.1. The highest BCUT2D eigenvalue weighted by atomic mass is 16.6. The molecule has 0 aliphatic rings. The Morgan fingerprint density at radius 3 is 2.46 bits per heavy atom. The number of nitrogens with zero attached hydrogens (tertiary/aromatic N) is 1. The van der Waals surface area contributed by atoms with Gasteiger partial charge in [-0.05, 0) is 32.8 Å². The molecule has 0 saturated heterocycles. The van der Waals surface area contributed by atoms with Crippen LogP contribution >= 0.6 is 0 Å². The average Bonchev–Trinajstić information content (AvgIpc) is 2.48. The number of hydrogen-bond donors (Lipinski definition) is 0. The summed E-state index contributed by atoms with van der Waals surface area (Å²) in [5.41, 5.74) is 0.514. The van der Waals surface area contributed by atoms with E-state index in [9.17, 15) is 14.9 Å². The van der Waals surface area contributed by atoms with Crippen LogP contribution in [0.2, 0.25) is 0 Å². The highest BCUT2D eigenvalue weighted by Crippen LogP contribution is 2.13. The van der Waals surface area contributed by atoms with E-state index in [0.29, 0.717) is 26.1 Å². The molecule has 0 heterocycles. The molecule has 0 aliphatic heterocycles. The second-order valence-corrected chi connectivity index (χ2v) is 6.74. The van der Waals surface area contributed by atoms with Crippen molar-refractivity contribution < 1.29 is 19.2 Å². The van der Waals surface area contributed by atoms with Crippen LogP contribution in [0.1, 0.15) is 52.0 Å². The Labute approximate surface area is 143 Å². The third-order valence-electron chi connectivity index (χ3n) is 3.34. The summed E-state index contributed by atoms with van der Waals surface area (Å²) in [6.45, 7) is 6.30. The first-order chi connectivity index (χ1) is 11.3. The van der Waals surface area contributed by atoms with Crippen molar-refractivity contribution in [3.8, 4) is 0 Å². The van der Waals surface area contributed by atoms with Crippen molar-refractivity contribution in [2.75, 3.05) is 6.61 Å². The molecule has 1 atom stereocenters. The molecule has 0 aliphatic carbocycles. The Bertz CT molecular complexity index is 510. The molecule has 1 unspecified atom stereocenters. The van der Waals surface area contributed by atoms with E-state index in [1.807, 2.05) is 30.3 Å². The second-order valence-electron chi connectivity index (χ2n) is 6.74. The van der Waals surface area contributed by atoms with Crippen LogP contribution in [-0.4, -0.2) is 29.1 Å². The predicted octanol–water partition coefficient (Wildman–Crippen LogP) is 3.75. The first-order valence-electron chi connectivity index (χ1n) is 8.25. The van der Waals surface area contributed by atoms with Crippen LogP contribution in [-0.2, 0) is 20.9 Å². The van der Waals surface area contributed by atoms with Gasteiger partial charge in [-0.1, -0.05) is 30.3 Å². The summed E-state index contributed by atoms with van der Waals surface area (Å²) in [7, 11) is 0. The Hall–Kier alpha value is -1.95. The Balaban J connectivity index is 2.23. The smallest absolute Gasteiger partial charge is 0.306 e. The van der Waals surface area contributed by atoms with Gasteiger partial charge >= 0.3 is 5.97 Å². The third-order valence-corrected chi connectivity index (χ3v) is 3.34. The summed E-state index contributed by atoms with van der Waals surface area (Å²) in [4.78, 5) is 22.4. The van der Waals surface area contributed by atoms with Crippen LogP contribution in [0.4, 0.5) is 0 Å². The highest BCUT2D eigenvalue weighted by Gasteiger charge is 2.23. The molecular formula is C18H27NO5. The number of rotatable bonds is 10. The van der Waals surface area contributed by atoms with Gasteiger partial charge in [0, 0.05) is 24.4 Å². The van der Waals surface area contributed by atoms with E-state index in [2.05, 4.69) is 0 Å². The fourth-order valence-corrected chi connectivity index (χ4v) is 2.22. The first-order valence-corrected chi connectivity index (χ1v) is 8.25. The van der Waals surface area contributed by atoms with E-state index in [-0.39, 0.29) is 17.8 Å². The lowest BCUT2D eigenvalue weighted by atomic mass is 10.1. The maximum Gasteiger partial charge on any atom is 0.306 e. The fourth-order valence-electron chi connectivity index (χ4n) is 2.22. The molecule has 1 aromatic carbocycles. The molecule has 24 heavy (non-hydrogen) atoms. The molecule has 1 rings (SSSR count). The van der Waals surface area contributed by atoms with Crippen LogP contribution in [0.25, 0.3) is 0 Å². The lowest BCUT2D eigenvalue weighted by molar-refractivity contribution is -0.524. The normalized spacial score (nSPS) is 12.6. The SMILES string of the molecule is CC(C)(C)OC(=O)CCC(CCCOCc1ccccc1)[N+](=O)[O-]. The van der Waals surface area contributed by atoms with Gasteiger partial charge in [-0.25, -0.2) is 0 Å².